The third-order valence-corrected chi connectivity index (χ3v) is 8.86. The van der Waals surface area contributed by atoms with E-state index in [1.807, 2.05) is 6.92 Å². The van der Waals surface area contributed by atoms with Gasteiger partial charge < -0.3 is 9.30 Å². The first-order valence-electron chi connectivity index (χ1n) is 12.5. The number of rotatable bonds is 10. The summed E-state index contributed by atoms with van der Waals surface area (Å²) in [5.74, 6) is -1.09. The molecule has 210 valence electrons. The van der Waals surface area contributed by atoms with Gasteiger partial charge in [0.2, 0.25) is 0 Å². The molecule has 7 nitrogen and oxygen atoms in total. The summed E-state index contributed by atoms with van der Waals surface area (Å²) in [4.78, 5) is 26.6. The van der Waals surface area contributed by atoms with Crippen molar-refractivity contribution in [2.24, 2.45) is 7.05 Å². The average molecular weight is 575 g/mol. The lowest BCUT2D eigenvalue weighted by molar-refractivity contribution is 0.103. The van der Waals surface area contributed by atoms with E-state index in [4.69, 9.17) is 4.74 Å². The average Bonchev–Trinajstić information content (AvgIpc) is 2.87. The number of aryl methyl sites for hydroxylation is 1. The molecule has 0 fully saturated rings. The molecule has 0 aliphatic heterocycles. The molecule has 0 saturated carbocycles. The fraction of sp³-hybridized carbons (Fsp3) is 0.379. The van der Waals surface area contributed by atoms with E-state index in [0.717, 1.165) is 6.07 Å². The van der Waals surface area contributed by atoms with Gasteiger partial charge in [0.15, 0.2) is 15.6 Å². The maximum absolute atomic E-state index is 13.9. The molecule has 1 aromatic heterocycles. The standard InChI is InChI=1S/C29H35FN2O5S2/c1-8-39(35,36)17-19-9-11-21(28(34)22-12-10-20(30)14-26(22)37-7)24(13-19)25-16-32(6)27(33)15-23(25)18(2)31-38-29(3,4)5/h9-16,18,31H,8,17H2,1-7H3/t18-/m0/s1. The number of carbonyl (C=O) groups is 1. The summed E-state index contributed by atoms with van der Waals surface area (Å²) in [5.41, 5.74) is 2.45. The molecule has 3 aromatic rings. The Morgan fingerprint density at radius 1 is 1.10 bits per heavy atom. The molecule has 0 aliphatic rings. The first-order valence-corrected chi connectivity index (χ1v) is 15.2. The summed E-state index contributed by atoms with van der Waals surface area (Å²) in [7, 11) is -0.380. The predicted molar refractivity (Wildman–Crippen MR) is 156 cm³/mol. The lowest BCUT2D eigenvalue weighted by atomic mass is 9.89. The largest absolute Gasteiger partial charge is 0.496 e. The number of methoxy groups -OCH3 is 1. The van der Waals surface area contributed by atoms with Crippen LogP contribution in [0.15, 0.2) is 53.5 Å². The molecule has 0 aliphatic carbocycles. The summed E-state index contributed by atoms with van der Waals surface area (Å²) in [5, 5.41) is 0. The van der Waals surface area contributed by atoms with Gasteiger partial charge in [-0.3, -0.25) is 14.3 Å². The maximum atomic E-state index is 13.9. The molecule has 39 heavy (non-hydrogen) atoms. The highest BCUT2D eigenvalue weighted by atomic mass is 32.2. The highest BCUT2D eigenvalue weighted by Gasteiger charge is 2.24. The van der Waals surface area contributed by atoms with Crippen LogP contribution in [0.2, 0.25) is 0 Å². The number of halogens is 1. The van der Waals surface area contributed by atoms with Crippen molar-refractivity contribution >= 4 is 27.6 Å². The molecule has 3 rings (SSSR count). The number of nitrogens with one attached hydrogen (secondary N) is 1. The quantitative estimate of drug-likeness (QED) is 0.254. The van der Waals surface area contributed by atoms with E-state index in [-0.39, 0.29) is 44.7 Å². The molecular weight excluding hydrogens is 539 g/mol. The summed E-state index contributed by atoms with van der Waals surface area (Å²) >= 11 is 1.52. The van der Waals surface area contributed by atoms with E-state index in [0.29, 0.717) is 22.3 Å². The number of carbonyl (C=O) groups excluding carboxylic acids is 1. The molecule has 1 atom stereocenters. The zero-order valence-electron chi connectivity index (χ0n) is 23.3. The van der Waals surface area contributed by atoms with Crippen molar-refractivity contribution < 1.29 is 22.3 Å². The first-order chi connectivity index (χ1) is 18.2. The van der Waals surface area contributed by atoms with Crippen LogP contribution in [0.1, 0.15) is 67.7 Å². The number of ketones is 1. The van der Waals surface area contributed by atoms with Crippen LogP contribution in [0.4, 0.5) is 4.39 Å². The Balaban J connectivity index is 2.29. The van der Waals surface area contributed by atoms with Crippen LogP contribution >= 0.6 is 11.9 Å². The van der Waals surface area contributed by atoms with Crippen molar-refractivity contribution in [3.8, 4) is 16.9 Å². The van der Waals surface area contributed by atoms with Crippen LogP contribution in [-0.4, -0.2) is 36.4 Å². The Hall–Kier alpha value is -2.95. The Kier molecular flexibility index (Phi) is 9.46. The SMILES string of the molecule is CCS(=O)(=O)Cc1ccc(C(=O)c2ccc(F)cc2OC)c(-c2cn(C)c(=O)cc2[C@H](C)NSC(C)(C)C)c1. The van der Waals surface area contributed by atoms with E-state index in [2.05, 4.69) is 25.5 Å². The molecule has 0 unspecified atom stereocenters. The number of ether oxygens (including phenoxy) is 1. The van der Waals surface area contributed by atoms with E-state index in [1.165, 1.54) is 41.8 Å². The van der Waals surface area contributed by atoms with E-state index in [9.17, 15) is 22.4 Å². The zero-order chi connectivity index (χ0) is 29.1. The number of hydrogen-bond donors (Lipinski definition) is 1. The Labute approximate surface area is 233 Å². The summed E-state index contributed by atoms with van der Waals surface area (Å²) in [6, 6.07) is 9.80. The Morgan fingerprint density at radius 2 is 1.77 bits per heavy atom. The first kappa shape index (κ1) is 30.6. The summed E-state index contributed by atoms with van der Waals surface area (Å²) in [6.45, 7) is 9.69. The van der Waals surface area contributed by atoms with E-state index >= 15 is 0 Å². The molecule has 2 aromatic carbocycles. The molecular formula is C29H35FN2O5S2. The van der Waals surface area contributed by atoms with Crippen LogP contribution in [0.3, 0.4) is 0 Å². The minimum atomic E-state index is -3.36. The van der Waals surface area contributed by atoms with Crippen LogP contribution in [0.5, 0.6) is 5.75 Å². The Morgan fingerprint density at radius 3 is 2.38 bits per heavy atom. The fourth-order valence-corrected chi connectivity index (χ4v) is 5.56. The van der Waals surface area contributed by atoms with Gasteiger partial charge in [0.1, 0.15) is 11.6 Å². The topological polar surface area (TPSA) is 94.5 Å². The minimum absolute atomic E-state index is 0.0220. The predicted octanol–water partition coefficient (Wildman–Crippen LogP) is 5.46. The normalized spacial score (nSPS) is 12.8. The zero-order valence-corrected chi connectivity index (χ0v) is 24.9. The molecule has 0 radical (unpaired) electrons. The second kappa shape index (κ2) is 12.1. The lowest BCUT2D eigenvalue weighted by Gasteiger charge is -2.24. The number of sulfone groups is 1. The monoisotopic (exact) mass is 574 g/mol. The van der Waals surface area contributed by atoms with Crippen LogP contribution in [0, 0.1) is 5.82 Å². The van der Waals surface area contributed by atoms with Gasteiger partial charge in [0.05, 0.1) is 18.4 Å². The third-order valence-electron chi connectivity index (χ3n) is 6.12. The molecule has 1 N–H and O–H groups in total. The smallest absolute Gasteiger partial charge is 0.250 e. The number of benzene rings is 2. The number of nitrogens with zero attached hydrogens (tertiary/aromatic N) is 1. The molecule has 0 saturated heterocycles. The van der Waals surface area contributed by atoms with Crippen molar-refractivity contribution in [1.82, 2.24) is 9.29 Å². The van der Waals surface area contributed by atoms with E-state index in [1.54, 1.807) is 38.4 Å². The highest BCUT2D eigenvalue weighted by Crippen LogP contribution is 2.35. The molecule has 1 heterocycles. The number of hydrogen-bond acceptors (Lipinski definition) is 7. The van der Waals surface area contributed by atoms with Gasteiger partial charge in [-0.05, 0) is 62.6 Å². The number of aromatic nitrogens is 1. The van der Waals surface area contributed by atoms with Gasteiger partial charge in [-0.2, -0.15) is 0 Å². The van der Waals surface area contributed by atoms with Gasteiger partial charge in [0.25, 0.3) is 5.56 Å². The van der Waals surface area contributed by atoms with Gasteiger partial charge in [0, 0.05) is 53.0 Å². The van der Waals surface area contributed by atoms with Crippen molar-refractivity contribution in [3.05, 3.63) is 87.1 Å². The van der Waals surface area contributed by atoms with Gasteiger partial charge >= 0.3 is 0 Å². The van der Waals surface area contributed by atoms with E-state index < -0.39 is 21.4 Å². The minimum Gasteiger partial charge on any atom is -0.496 e. The summed E-state index contributed by atoms with van der Waals surface area (Å²) < 4.78 is 48.8. The maximum Gasteiger partial charge on any atom is 0.250 e. The van der Waals surface area contributed by atoms with Crippen molar-refractivity contribution in [3.63, 3.8) is 0 Å². The fourth-order valence-electron chi connectivity index (χ4n) is 4.01. The van der Waals surface area contributed by atoms with Crippen molar-refractivity contribution in [2.75, 3.05) is 12.9 Å². The molecule has 0 bridgehead atoms. The molecule has 0 amide bonds. The lowest BCUT2D eigenvalue weighted by Crippen LogP contribution is -2.24. The molecule has 0 spiro atoms. The molecule has 10 heteroatoms. The highest BCUT2D eigenvalue weighted by molar-refractivity contribution is 7.98. The number of pyridine rings is 1. The van der Waals surface area contributed by atoms with Crippen molar-refractivity contribution in [1.29, 1.82) is 0 Å². The van der Waals surface area contributed by atoms with Crippen LogP contribution in [-0.2, 0) is 22.6 Å². The van der Waals surface area contributed by atoms with Gasteiger partial charge in [-0.15, -0.1) is 0 Å². The van der Waals surface area contributed by atoms with Crippen LogP contribution in [0.25, 0.3) is 11.1 Å². The second-order valence-corrected chi connectivity index (χ2v) is 14.4. The summed E-state index contributed by atoms with van der Waals surface area (Å²) in [6.07, 6.45) is 1.66. The van der Waals surface area contributed by atoms with Gasteiger partial charge in [-0.1, -0.05) is 31.0 Å². The Bertz CT molecular complexity index is 1540. The van der Waals surface area contributed by atoms with Gasteiger partial charge in [-0.25, -0.2) is 12.8 Å². The second-order valence-electron chi connectivity index (χ2n) is 10.4. The van der Waals surface area contributed by atoms with Crippen molar-refractivity contribution in [2.45, 2.75) is 51.2 Å². The third kappa shape index (κ3) is 7.58. The van der Waals surface area contributed by atoms with Crippen LogP contribution < -0.4 is 15.0 Å².